The van der Waals surface area contributed by atoms with Crippen LogP contribution in [0.15, 0.2) is 24.3 Å². The molecule has 0 spiro atoms. The molecule has 1 aliphatic heterocycles. The normalized spacial score (nSPS) is 14.5. The van der Waals surface area contributed by atoms with E-state index in [2.05, 4.69) is 20.2 Å². The highest BCUT2D eigenvalue weighted by Crippen LogP contribution is 2.43. The summed E-state index contributed by atoms with van der Waals surface area (Å²) in [5, 5.41) is 12.0. The molecule has 0 radical (unpaired) electrons. The molecule has 2 aromatic heterocycles. The van der Waals surface area contributed by atoms with Gasteiger partial charge in [0.05, 0.1) is 23.4 Å². The number of benzene rings is 1. The third-order valence-electron chi connectivity index (χ3n) is 4.62. The van der Waals surface area contributed by atoms with E-state index in [0.717, 1.165) is 45.1 Å². The average molecular weight is 419 g/mol. The summed E-state index contributed by atoms with van der Waals surface area (Å²) in [7, 11) is 0. The summed E-state index contributed by atoms with van der Waals surface area (Å²) >= 11 is 7.80. The van der Waals surface area contributed by atoms with Crippen molar-refractivity contribution in [3.8, 4) is 10.4 Å². The third kappa shape index (κ3) is 3.56. The number of carbonyl (C=O) groups is 1. The number of nitrogens with zero attached hydrogens (tertiary/aromatic N) is 3. The minimum Gasteiger partial charge on any atom is -0.387 e. The van der Waals surface area contributed by atoms with E-state index >= 15 is 0 Å². The van der Waals surface area contributed by atoms with E-state index in [1.807, 2.05) is 31.2 Å². The molecule has 7 nitrogen and oxygen atoms in total. The van der Waals surface area contributed by atoms with Crippen LogP contribution in [0.2, 0.25) is 5.28 Å². The molecule has 0 unspecified atom stereocenters. The fraction of sp³-hybridized carbons (Fsp3) is 0.316. The SMILES string of the molecule is Cc1c(-c2ccccc2NC(=O)CO)sc2c(N3CCOCC3)nc(Cl)nc12. The van der Waals surface area contributed by atoms with Crippen LogP contribution in [0, 0.1) is 6.92 Å². The van der Waals surface area contributed by atoms with Crippen molar-refractivity contribution in [3.05, 3.63) is 35.1 Å². The second-order valence-corrected chi connectivity index (χ2v) is 7.76. The number of rotatable bonds is 4. The first-order valence-corrected chi connectivity index (χ1v) is 10.1. The summed E-state index contributed by atoms with van der Waals surface area (Å²) in [5.41, 5.74) is 3.30. The molecule has 9 heteroatoms. The van der Waals surface area contributed by atoms with Gasteiger partial charge in [-0.2, -0.15) is 4.98 Å². The van der Waals surface area contributed by atoms with Gasteiger partial charge in [0.25, 0.3) is 0 Å². The van der Waals surface area contributed by atoms with E-state index < -0.39 is 12.5 Å². The Balaban J connectivity index is 1.86. The number of carbonyl (C=O) groups excluding carboxylic acids is 1. The molecule has 0 saturated carbocycles. The molecule has 0 aliphatic carbocycles. The van der Waals surface area contributed by atoms with Crippen LogP contribution in [0.25, 0.3) is 20.7 Å². The van der Waals surface area contributed by atoms with Gasteiger partial charge < -0.3 is 20.1 Å². The number of aromatic nitrogens is 2. The van der Waals surface area contributed by atoms with Crippen molar-refractivity contribution < 1.29 is 14.6 Å². The lowest BCUT2D eigenvalue weighted by molar-refractivity contribution is -0.118. The smallest absolute Gasteiger partial charge is 0.250 e. The molecular formula is C19H19ClN4O3S. The molecule has 2 N–H and O–H groups in total. The number of hydrogen-bond acceptors (Lipinski definition) is 7. The molecule has 1 aromatic carbocycles. The molecule has 0 atom stereocenters. The second-order valence-electron chi connectivity index (χ2n) is 6.40. The zero-order valence-electron chi connectivity index (χ0n) is 15.2. The Morgan fingerprint density at radius 2 is 2.07 bits per heavy atom. The zero-order chi connectivity index (χ0) is 19.7. The lowest BCUT2D eigenvalue weighted by atomic mass is 10.1. The van der Waals surface area contributed by atoms with Crippen LogP contribution in [-0.4, -0.2) is 53.9 Å². The number of aliphatic hydroxyl groups excluding tert-OH is 1. The molecule has 3 aromatic rings. The maximum atomic E-state index is 11.7. The summed E-state index contributed by atoms with van der Waals surface area (Å²) in [6, 6.07) is 7.51. The fourth-order valence-corrected chi connectivity index (χ4v) is 4.74. The fourth-order valence-electron chi connectivity index (χ4n) is 3.27. The molecule has 146 valence electrons. The van der Waals surface area contributed by atoms with Crippen molar-refractivity contribution >= 4 is 50.6 Å². The number of amides is 1. The van der Waals surface area contributed by atoms with Crippen molar-refractivity contribution in [1.29, 1.82) is 0 Å². The molecule has 1 aliphatic rings. The minimum absolute atomic E-state index is 0.211. The number of ether oxygens (including phenoxy) is 1. The Morgan fingerprint density at radius 3 is 2.82 bits per heavy atom. The predicted octanol–water partition coefficient (Wildman–Crippen LogP) is 3.09. The van der Waals surface area contributed by atoms with Crippen LogP contribution in [0.4, 0.5) is 11.5 Å². The number of para-hydroxylation sites is 1. The van der Waals surface area contributed by atoms with Gasteiger partial charge in [-0.1, -0.05) is 18.2 Å². The highest BCUT2D eigenvalue weighted by atomic mass is 35.5. The van der Waals surface area contributed by atoms with Crippen LogP contribution in [0.1, 0.15) is 5.56 Å². The van der Waals surface area contributed by atoms with Gasteiger partial charge in [-0.25, -0.2) is 4.98 Å². The lowest BCUT2D eigenvalue weighted by Gasteiger charge is -2.28. The van der Waals surface area contributed by atoms with Gasteiger partial charge in [0.2, 0.25) is 11.2 Å². The van der Waals surface area contributed by atoms with Crippen LogP contribution in [0.3, 0.4) is 0 Å². The summed E-state index contributed by atoms with van der Waals surface area (Å²) in [6.07, 6.45) is 0. The van der Waals surface area contributed by atoms with E-state index in [0.29, 0.717) is 18.9 Å². The Bertz CT molecular complexity index is 1030. The summed E-state index contributed by atoms with van der Waals surface area (Å²) in [5.74, 6) is 0.359. The summed E-state index contributed by atoms with van der Waals surface area (Å²) < 4.78 is 6.41. The number of nitrogens with one attached hydrogen (secondary N) is 1. The molecule has 1 fully saturated rings. The molecule has 28 heavy (non-hydrogen) atoms. The summed E-state index contributed by atoms with van der Waals surface area (Å²) in [6.45, 7) is 4.22. The number of fused-ring (bicyclic) bond motifs is 1. The van der Waals surface area contributed by atoms with Crippen LogP contribution in [0.5, 0.6) is 0 Å². The van der Waals surface area contributed by atoms with E-state index in [1.54, 1.807) is 11.3 Å². The first kappa shape index (κ1) is 19.1. The van der Waals surface area contributed by atoms with Crippen LogP contribution >= 0.6 is 22.9 Å². The van der Waals surface area contributed by atoms with E-state index in [-0.39, 0.29) is 5.28 Å². The first-order valence-electron chi connectivity index (χ1n) is 8.88. The Morgan fingerprint density at radius 1 is 1.32 bits per heavy atom. The van der Waals surface area contributed by atoms with E-state index in [9.17, 15) is 4.79 Å². The number of thiophene rings is 1. The van der Waals surface area contributed by atoms with Crippen molar-refractivity contribution in [2.75, 3.05) is 43.1 Å². The number of aryl methyl sites for hydroxylation is 1. The highest BCUT2D eigenvalue weighted by molar-refractivity contribution is 7.23. The van der Waals surface area contributed by atoms with Crippen molar-refractivity contribution in [3.63, 3.8) is 0 Å². The zero-order valence-corrected chi connectivity index (χ0v) is 16.8. The lowest BCUT2D eigenvalue weighted by Crippen LogP contribution is -2.36. The molecule has 3 heterocycles. The van der Waals surface area contributed by atoms with Gasteiger partial charge in [-0.05, 0) is 30.2 Å². The number of morpholine rings is 1. The van der Waals surface area contributed by atoms with Crippen molar-refractivity contribution in [2.45, 2.75) is 6.92 Å². The Kier molecular flexibility index (Phi) is 5.45. The van der Waals surface area contributed by atoms with Gasteiger partial charge in [0, 0.05) is 29.2 Å². The van der Waals surface area contributed by atoms with Gasteiger partial charge in [0.1, 0.15) is 6.61 Å². The van der Waals surface area contributed by atoms with Gasteiger partial charge in [0.15, 0.2) is 5.82 Å². The monoisotopic (exact) mass is 418 g/mol. The standard InChI is InChI=1S/C19H19ClN4O3S/c1-11-15-17(18(23-19(20)22-15)24-6-8-27-9-7-24)28-16(11)12-4-2-3-5-13(12)21-14(26)10-25/h2-5,25H,6-10H2,1H3,(H,21,26). The molecule has 1 saturated heterocycles. The Labute approximate surface area is 170 Å². The van der Waals surface area contributed by atoms with Gasteiger partial charge in [-0.15, -0.1) is 11.3 Å². The van der Waals surface area contributed by atoms with Crippen molar-refractivity contribution in [2.24, 2.45) is 0 Å². The van der Waals surface area contributed by atoms with E-state index in [1.165, 1.54) is 0 Å². The molecule has 4 rings (SSSR count). The number of aliphatic hydroxyl groups is 1. The maximum absolute atomic E-state index is 11.7. The topological polar surface area (TPSA) is 87.6 Å². The van der Waals surface area contributed by atoms with Gasteiger partial charge in [-0.3, -0.25) is 4.79 Å². The second kappa shape index (κ2) is 8.00. The molecular weight excluding hydrogens is 400 g/mol. The molecule has 1 amide bonds. The van der Waals surface area contributed by atoms with Gasteiger partial charge >= 0.3 is 0 Å². The summed E-state index contributed by atoms with van der Waals surface area (Å²) in [4.78, 5) is 23.8. The minimum atomic E-state index is -0.567. The largest absolute Gasteiger partial charge is 0.387 e. The highest BCUT2D eigenvalue weighted by Gasteiger charge is 2.23. The number of halogens is 1. The first-order chi connectivity index (χ1) is 13.6. The van der Waals surface area contributed by atoms with Crippen LogP contribution in [-0.2, 0) is 9.53 Å². The van der Waals surface area contributed by atoms with Crippen molar-refractivity contribution in [1.82, 2.24) is 9.97 Å². The number of anilines is 2. The number of hydrogen-bond donors (Lipinski definition) is 2. The quantitative estimate of drug-likeness (QED) is 0.633. The Hall–Kier alpha value is -2.26. The molecule has 0 bridgehead atoms. The predicted molar refractivity (Wildman–Crippen MR) is 111 cm³/mol. The van der Waals surface area contributed by atoms with E-state index in [4.69, 9.17) is 21.4 Å². The third-order valence-corrected chi connectivity index (χ3v) is 6.10. The maximum Gasteiger partial charge on any atom is 0.250 e. The average Bonchev–Trinajstić information content (AvgIpc) is 3.05. The van der Waals surface area contributed by atoms with Crippen LogP contribution < -0.4 is 10.2 Å².